The van der Waals surface area contributed by atoms with Crippen molar-refractivity contribution in [1.29, 1.82) is 0 Å². The third-order valence-electron chi connectivity index (χ3n) is 6.13. The topological polar surface area (TPSA) is 82.8 Å². The van der Waals surface area contributed by atoms with Crippen LogP contribution >= 0.6 is 11.6 Å². The number of carbonyl (C=O) groups is 1. The van der Waals surface area contributed by atoms with Crippen LogP contribution in [0.2, 0.25) is 5.02 Å². The quantitative estimate of drug-likeness (QED) is 0.166. The molecule has 1 unspecified atom stereocenters. The van der Waals surface area contributed by atoms with Crippen molar-refractivity contribution in [2.75, 3.05) is 0 Å². The number of pyridine rings is 1. The molecule has 0 bridgehead atoms. The zero-order valence-electron chi connectivity index (χ0n) is 19.4. The number of oxime groups is 1. The SMILES string of the molecule is Cc1cc(/C(CC(c2ccc(-c3ccc(C(=O)O)cc3)cc2)c2ccc(Cl)cc2C)=N/O)ccn1. The van der Waals surface area contributed by atoms with Crippen LogP contribution < -0.4 is 0 Å². The van der Waals surface area contributed by atoms with Gasteiger partial charge in [-0.3, -0.25) is 4.98 Å². The molecular weight excluding hydrogens is 460 g/mol. The van der Waals surface area contributed by atoms with Gasteiger partial charge < -0.3 is 10.3 Å². The van der Waals surface area contributed by atoms with Gasteiger partial charge >= 0.3 is 5.97 Å². The Morgan fingerprint density at radius 3 is 2.14 bits per heavy atom. The second-order valence-electron chi connectivity index (χ2n) is 8.49. The maximum atomic E-state index is 11.1. The molecule has 1 aromatic heterocycles. The molecule has 0 saturated carbocycles. The van der Waals surface area contributed by atoms with E-state index in [1.807, 2.05) is 68.4 Å². The molecule has 176 valence electrons. The molecule has 0 aliphatic heterocycles. The number of rotatable bonds is 7. The van der Waals surface area contributed by atoms with Crippen molar-refractivity contribution in [2.24, 2.45) is 5.16 Å². The highest BCUT2D eigenvalue weighted by Gasteiger charge is 2.21. The molecule has 0 aliphatic carbocycles. The minimum Gasteiger partial charge on any atom is -0.478 e. The third kappa shape index (κ3) is 5.58. The summed E-state index contributed by atoms with van der Waals surface area (Å²) in [4.78, 5) is 15.4. The lowest BCUT2D eigenvalue weighted by Crippen LogP contribution is -2.12. The van der Waals surface area contributed by atoms with Crippen molar-refractivity contribution in [3.8, 4) is 11.1 Å². The lowest BCUT2D eigenvalue weighted by atomic mass is 9.83. The molecule has 0 radical (unpaired) electrons. The zero-order valence-corrected chi connectivity index (χ0v) is 20.2. The van der Waals surface area contributed by atoms with Gasteiger partial charge in [0.05, 0.1) is 11.3 Å². The van der Waals surface area contributed by atoms with Gasteiger partial charge in [0.15, 0.2) is 0 Å². The molecule has 4 aromatic rings. The Labute approximate surface area is 209 Å². The van der Waals surface area contributed by atoms with Gasteiger partial charge in [-0.05, 0) is 78.1 Å². The summed E-state index contributed by atoms with van der Waals surface area (Å²) < 4.78 is 0. The predicted molar refractivity (Wildman–Crippen MR) is 139 cm³/mol. The number of aryl methyl sites for hydroxylation is 2. The Hall–Kier alpha value is -3.96. The van der Waals surface area contributed by atoms with Crippen LogP contribution in [-0.4, -0.2) is 27.0 Å². The lowest BCUT2D eigenvalue weighted by Gasteiger charge is -2.21. The minimum atomic E-state index is -0.946. The van der Waals surface area contributed by atoms with Crippen LogP contribution in [0.3, 0.4) is 0 Å². The number of nitrogens with zero attached hydrogens (tertiary/aromatic N) is 2. The number of hydrogen-bond acceptors (Lipinski definition) is 4. The first-order valence-electron chi connectivity index (χ1n) is 11.2. The van der Waals surface area contributed by atoms with Crippen molar-refractivity contribution in [2.45, 2.75) is 26.2 Å². The highest BCUT2D eigenvalue weighted by Crippen LogP contribution is 2.34. The maximum absolute atomic E-state index is 11.1. The predicted octanol–water partition coefficient (Wildman–Crippen LogP) is 7.12. The van der Waals surface area contributed by atoms with Gasteiger partial charge in [-0.2, -0.15) is 0 Å². The summed E-state index contributed by atoms with van der Waals surface area (Å²) in [5.41, 5.74) is 7.64. The third-order valence-corrected chi connectivity index (χ3v) is 6.37. The molecular formula is C29H25ClN2O3. The zero-order chi connectivity index (χ0) is 24.9. The number of aromatic carboxylic acids is 1. The minimum absolute atomic E-state index is 0.0740. The van der Waals surface area contributed by atoms with Crippen LogP contribution in [0.25, 0.3) is 11.1 Å². The molecule has 0 spiro atoms. The summed E-state index contributed by atoms with van der Waals surface area (Å²) in [6.07, 6.45) is 2.19. The van der Waals surface area contributed by atoms with Gasteiger partial charge in [0.1, 0.15) is 0 Å². The molecule has 2 N–H and O–H groups in total. The van der Waals surface area contributed by atoms with E-state index in [0.29, 0.717) is 17.2 Å². The number of benzene rings is 3. The van der Waals surface area contributed by atoms with E-state index in [9.17, 15) is 10.0 Å². The van der Waals surface area contributed by atoms with Crippen LogP contribution in [0.4, 0.5) is 0 Å². The monoisotopic (exact) mass is 484 g/mol. The molecule has 1 heterocycles. The average molecular weight is 485 g/mol. The Kier molecular flexibility index (Phi) is 7.28. The summed E-state index contributed by atoms with van der Waals surface area (Å²) in [5.74, 6) is -1.02. The second-order valence-corrected chi connectivity index (χ2v) is 8.93. The molecule has 5 nitrogen and oxygen atoms in total. The van der Waals surface area contributed by atoms with Crippen molar-refractivity contribution in [3.05, 3.63) is 124 Å². The first kappa shape index (κ1) is 24.2. The summed E-state index contributed by atoms with van der Waals surface area (Å²) >= 11 is 6.23. The Morgan fingerprint density at radius 1 is 0.914 bits per heavy atom. The van der Waals surface area contributed by atoms with Gasteiger partial charge in [0.2, 0.25) is 0 Å². The highest BCUT2D eigenvalue weighted by atomic mass is 35.5. The standard InChI is InChI=1S/C29H25ClN2O3/c1-18-15-25(30)11-12-26(18)27(17-28(32-35)24-13-14-31-19(2)16-24)22-7-3-20(4-8-22)21-5-9-23(10-6-21)29(33)34/h3-16,27,35H,17H2,1-2H3,(H,33,34)/b32-28+. The molecule has 6 heteroatoms. The van der Waals surface area contributed by atoms with E-state index in [2.05, 4.69) is 22.3 Å². The van der Waals surface area contributed by atoms with Gasteiger partial charge in [-0.25, -0.2) is 4.79 Å². The fraction of sp³-hybridized carbons (Fsp3) is 0.138. The van der Waals surface area contributed by atoms with Crippen LogP contribution in [-0.2, 0) is 0 Å². The van der Waals surface area contributed by atoms with Gasteiger partial charge in [-0.1, -0.05) is 59.2 Å². The van der Waals surface area contributed by atoms with Gasteiger partial charge in [-0.15, -0.1) is 0 Å². The molecule has 0 aliphatic rings. The van der Waals surface area contributed by atoms with Crippen molar-refractivity contribution in [1.82, 2.24) is 4.98 Å². The molecule has 35 heavy (non-hydrogen) atoms. The number of aromatic nitrogens is 1. The van der Waals surface area contributed by atoms with E-state index >= 15 is 0 Å². The normalized spacial score (nSPS) is 12.4. The smallest absolute Gasteiger partial charge is 0.335 e. The fourth-order valence-electron chi connectivity index (χ4n) is 4.29. The van der Waals surface area contributed by atoms with Gasteiger partial charge in [0.25, 0.3) is 0 Å². The van der Waals surface area contributed by atoms with Crippen LogP contribution in [0, 0.1) is 13.8 Å². The second kappa shape index (κ2) is 10.5. The molecule has 0 amide bonds. The summed E-state index contributed by atoms with van der Waals surface area (Å²) in [5, 5.41) is 23.3. The van der Waals surface area contributed by atoms with E-state index < -0.39 is 5.97 Å². The van der Waals surface area contributed by atoms with E-state index in [4.69, 9.17) is 16.7 Å². The van der Waals surface area contributed by atoms with Gasteiger partial charge in [0, 0.05) is 34.8 Å². The van der Waals surface area contributed by atoms with Crippen LogP contribution in [0.1, 0.15) is 50.6 Å². The molecule has 4 rings (SSSR count). The van der Waals surface area contributed by atoms with Crippen molar-refractivity contribution >= 4 is 23.3 Å². The van der Waals surface area contributed by atoms with E-state index in [-0.39, 0.29) is 11.5 Å². The first-order valence-corrected chi connectivity index (χ1v) is 11.6. The maximum Gasteiger partial charge on any atom is 0.335 e. The largest absolute Gasteiger partial charge is 0.478 e. The first-order chi connectivity index (χ1) is 16.9. The van der Waals surface area contributed by atoms with E-state index in [0.717, 1.165) is 39.1 Å². The number of halogens is 1. The summed E-state index contributed by atoms with van der Waals surface area (Å²) in [7, 11) is 0. The molecule has 0 saturated heterocycles. The van der Waals surface area contributed by atoms with E-state index in [1.165, 1.54) is 0 Å². The highest BCUT2D eigenvalue weighted by molar-refractivity contribution is 6.30. The lowest BCUT2D eigenvalue weighted by molar-refractivity contribution is 0.0697. The number of carboxylic acid groups (broad SMARTS) is 1. The molecule has 0 fully saturated rings. The molecule has 1 atom stereocenters. The fourth-order valence-corrected chi connectivity index (χ4v) is 4.51. The Bertz CT molecular complexity index is 1380. The number of hydrogen-bond donors (Lipinski definition) is 2. The molecule has 3 aromatic carbocycles. The van der Waals surface area contributed by atoms with Crippen LogP contribution in [0.5, 0.6) is 0 Å². The van der Waals surface area contributed by atoms with Crippen molar-refractivity contribution in [3.63, 3.8) is 0 Å². The Morgan fingerprint density at radius 2 is 1.57 bits per heavy atom. The Balaban J connectivity index is 1.71. The van der Waals surface area contributed by atoms with Crippen LogP contribution in [0.15, 0.2) is 90.2 Å². The summed E-state index contributed by atoms with van der Waals surface area (Å²) in [6, 6.07) is 24.6. The number of carboxylic acids is 1. The average Bonchev–Trinajstić information content (AvgIpc) is 2.86. The van der Waals surface area contributed by atoms with Crippen molar-refractivity contribution < 1.29 is 15.1 Å². The summed E-state index contributed by atoms with van der Waals surface area (Å²) in [6.45, 7) is 3.93. The van der Waals surface area contributed by atoms with E-state index in [1.54, 1.807) is 18.3 Å².